The third kappa shape index (κ3) is 3.37. The van der Waals surface area contributed by atoms with Gasteiger partial charge in [0.25, 0.3) is 0 Å². The molecule has 1 saturated carbocycles. The summed E-state index contributed by atoms with van der Waals surface area (Å²) < 4.78 is 0. The number of rotatable bonds is 3. The Morgan fingerprint density at radius 2 is 2.18 bits per heavy atom. The van der Waals surface area contributed by atoms with Crippen LogP contribution in [0.15, 0.2) is 17.8 Å². The van der Waals surface area contributed by atoms with E-state index in [1.54, 1.807) is 6.20 Å². The molecule has 92 valence electrons. The second-order valence-corrected chi connectivity index (χ2v) is 4.74. The van der Waals surface area contributed by atoms with E-state index in [1.165, 1.54) is 32.1 Å². The van der Waals surface area contributed by atoms with Crippen LogP contribution in [0.1, 0.15) is 43.6 Å². The maximum atomic E-state index is 9.50. The molecule has 0 unspecified atom stereocenters. The van der Waals surface area contributed by atoms with Crippen LogP contribution in [0.2, 0.25) is 0 Å². The Bertz CT molecular complexity index is 395. The highest BCUT2D eigenvalue weighted by atomic mass is 16.3. The van der Waals surface area contributed by atoms with Gasteiger partial charge in [0.05, 0.1) is 12.3 Å². The Kier molecular flexibility index (Phi) is 4.26. The van der Waals surface area contributed by atoms with Gasteiger partial charge in [-0.25, -0.2) is 9.97 Å². The first kappa shape index (κ1) is 12.2. The Balaban J connectivity index is 2.16. The lowest BCUT2D eigenvalue weighted by atomic mass is 9.83. The quantitative estimate of drug-likeness (QED) is 0.871. The highest BCUT2D eigenvalue weighted by molar-refractivity contribution is 5.49. The monoisotopic (exact) mass is 232 g/mol. The fourth-order valence-electron chi connectivity index (χ4n) is 2.51. The van der Waals surface area contributed by atoms with Crippen LogP contribution in [0.25, 0.3) is 6.08 Å². The molecule has 1 aliphatic carbocycles. The van der Waals surface area contributed by atoms with Crippen LogP contribution in [-0.2, 0) is 0 Å². The summed E-state index contributed by atoms with van der Waals surface area (Å²) in [7, 11) is 0. The van der Waals surface area contributed by atoms with Gasteiger partial charge in [-0.3, -0.25) is 0 Å². The number of hydrogen-bond acceptors (Lipinski definition) is 3. The molecule has 0 radical (unpaired) electrons. The van der Waals surface area contributed by atoms with E-state index in [2.05, 4.69) is 9.97 Å². The molecule has 1 fully saturated rings. The van der Waals surface area contributed by atoms with Crippen LogP contribution in [0.5, 0.6) is 0 Å². The molecule has 1 aliphatic rings. The molecular formula is C14H20N2O. The minimum absolute atomic E-state index is 0.147. The van der Waals surface area contributed by atoms with Gasteiger partial charge in [0.15, 0.2) is 0 Å². The molecule has 3 nitrogen and oxygen atoms in total. The summed E-state index contributed by atoms with van der Waals surface area (Å²) >= 11 is 0. The van der Waals surface area contributed by atoms with Crippen LogP contribution in [0.3, 0.4) is 0 Å². The van der Waals surface area contributed by atoms with Crippen LogP contribution in [0, 0.1) is 12.8 Å². The van der Waals surface area contributed by atoms with Gasteiger partial charge in [0.2, 0.25) is 0 Å². The topological polar surface area (TPSA) is 46.0 Å². The molecule has 3 heteroatoms. The van der Waals surface area contributed by atoms with Crippen molar-refractivity contribution in [2.75, 3.05) is 6.61 Å². The average Bonchev–Trinajstić information content (AvgIpc) is 2.37. The van der Waals surface area contributed by atoms with E-state index >= 15 is 0 Å². The molecule has 0 saturated heterocycles. The van der Waals surface area contributed by atoms with Crippen LogP contribution >= 0.6 is 0 Å². The number of aliphatic hydroxyl groups excluding tert-OH is 1. The van der Waals surface area contributed by atoms with Crippen LogP contribution in [0.4, 0.5) is 0 Å². The molecule has 0 spiro atoms. The highest BCUT2D eigenvalue weighted by Gasteiger charge is 2.17. The molecule has 17 heavy (non-hydrogen) atoms. The zero-order valence-electron chi connectivity index (χ0n) is 10.4. The smallest absolute Gasteiger partial charge is 0.125 e. The minimum Gasteiger partial charge on any atom is -0.392 e. The van der Waals surface area contributed by atoms with Crippen molar-refractivity contribution in [3.63, 3.8) is 0 Å². The SMILES string of the molecule is Cc1nccc(/C=C(/CO)C2CCCCC2)n1. The molecule has 1 aromatic heterocycles. The van der Waals surface area contributed by atoms with Crippen LogP contribution < -0.4 is 0 Å². The molecule has 1 N–H and O–H groups in total. The van der Waals surface area contributed by atoms with E-state index in [4.69, 9.17) is 0 Å². The Labute approximate surface area is 103 Å². The van der Waals surface area contributed by atoms with Gasteiger partial charge in [0, 0.05) is 6.20 Å². The Morgan fingerprint density at radius 1 is 1.41 bits per heavy atom. The van der Waals surface area contributed by atoms with E-state index in [1.807, 2.05) is 19.1 Å². The second kappa shape index (κ2) is 5.92. The third-order valence-corrected chi connectivity index (χ3v) is 3.44. The van der Waals surface area contributed by atoms with Crippen molar-refractivity contribution in [3.05, 3.63) is 29.4 Å². The molecule has 0 atom stereocenters. The summed E-state index contributed by atoms with van der Waals surface area (Å²) in [5.41, 5.74) is 2.04. The molecule has 2 rings (SSSR count). The lowest BCUT2D eigenvalue weighted by Crippen LogP contribution is -2.11. The molecule has 1 heterocycles. The summed E-state index contributed by atoms with van der Waals surface area (Å²) in [6, 6.07) is 1.89. The third-order valence-electron chi connectivity index (χ3n) is 3.44. The van der Waals surface area contributed by atoms with Gasteiger partial charge in [-0.15, -0.1) is 0 Å². The Hall–Kier alpha value is -1.22. The maximum Gasteiger partial charge on any atom is 0.125 e. The van der Waals surface area contributed by atoms with Crippen molar-refractivity contribution >= 4 is 6.08 Å². The Morgan fingerprint density at radius 3 is 2.82 bits per heavy atom. The van der Waals surface area contributed by atoms with Crippen molar-refractivity contribution in [1.82, 2.24) is 9.97 Å². The minimum atomic E-state index is 0.147. The van der Waals surface area contributed by atoms with Gasteiger partial charge >= 0.3 is 0 Å². The summed E-state index contributed by atoms with van der Waals surface area (Å²) in [6.07, 6.45) is 10.1. The number of aliphatic hydroxyl groups is 1. The first-order chi connectivity index (χ1) is 8.29. The predicted octanol–water partition coefficient (Wildman–Crippen LogP) is 2.74. The van der Waals surface area contributed by atoms with Gasteiger partial charge in [0.1, 0.15) is 5.82 Å². The summed E-state index contributed by atoms with van der Waals surface area (Å²) in [5, 5.41) is 9.50. The van der Waals surface area contributed by atoms with Gasteiger partial charge in [-0.2, -0.15) is 0 Å². The van der Waals surface area contributed by atoms with E-state index < -0.39 is 0 Å². The van der Waals surface area contributed by atoms with Gasteiger partial charge in [-0.1, -0.05) is 19.3 Å². The standard InChI is InChI=1S/C14H20N2O/c1-11-15-8-7-14(16-11)9-13(10-17)12-5-3-2-4-6-12/h7-9,12,17H,2-6,10H2,1H3/b13-9-. The molecule has 0 aliphatic heterocycles. The molecule has 0 bridgehead atoms. The number of nitrogens with zero attached hydrogens (tertiary/aromatic N) is 2. The van der Waals surface area contributed by atoms with E-state index in [-0.39, 0.29) is 6.61 Å². The second-order valence-electron chi connectivity index (χ2n) is 4.74. The van der Waals surface area contributed by atoms with Gasteiger partial charge < -0.3 is 5.11 Å². The summed E-state index contributed by atoms with van der Waals surface area (Å²) in [4.78, 5) is 8.44. The van der Waals surface area contributed by atoms with Crippen molar-refractivity contribution in [2.45, 2.75) is 39.0 Å². The fourth-order valence-corrected chi connectivity index (χ4v) is 2.51. The van der Waals surface area contributed by atoms with Crippen molar-refractivity contribution < 1.29 is 5.11 Å². The van der Waals surface area contributed by atoms with Gasteiger partial charge in [-0.05, 0) is 43.4 Å². The van der Waals surface area contributed by atoms with Crippen LogP contribution in [-0.4, -0.2) is 21.7 Å². The van der Waals surface area contributed by atoms with Crippen molar-refractivity contribution in [1.29, 1.82) is 0 Å². The largest absolute Gasteiger partial charge is 0.392 e. The number of aromatic nitrogens is 2. The van der Waals surface area contributed by atoms with E-state index in [9.17, 15) is 5.11 Å². The lowest BCUT2D eigenvalue weighted by molar-refractivity contribution is 0.295. The first-order valence-electron chi connectivity index (χ1n) is 6.40. The lowest BCUT2D eigenvalue weighted by Gasteiger charge is -2.23. The summed E-state index contributed by atoms with van der Waals surface area (Å²) in [6.45, 7) is 2.03. The zero-order chi connectivity index (χ0) is 12.1. The summed E-state index contributed by atoms with van der Waals surface area (Å²) in [5.74, 6) is 1.32. The molecule has 1 aromatic rings. The maximum absolute atomic E-state index is 9.50. The normalized spacial score (nSPS) is 18.4. The van der Waals surface area contributed by atoms with Crippen molar-refractivity contribution in [2.24, 2.45) is 5.92 Å². The number of aryl methyl sites for hydroxylation is 1. The van der Waals surface area contributed by atoms with Crippen molar-refractivity contribution in [3.8, 4) is 0 Å². The molecule has 0 amide bonds. The van der Waals surface area contributed by atoms with E-state index in [0.717, 1.165) is 17.1 Å². The van der Waals surface area contributed by atoms with E-state index in [0.29, 0.717) is 5.92 Å². The highest BCUT2D eigenvalue weighted by Crippen LogP contribution is 2.30. The predicted molar refractivity (Wildman–Crippen MR) is 68.4 cm³/mol. The number of hydrogen-bond donors (Lipinski definition) is 1. The zero-order valence-corrected chi connectivity index (χ0v) is 10.4. The molecular weight excluding hydrogens is 212 g/mol. The first-order valence-corrected chi connectivity index (χ1v) is 6.40. The average molecular weight is 232 g/mol. The molecule has 0 aromatic carbocycles. The fraction of sp³-hybridized carbons (Fsp3) is 0.571.